The van der Waals surface area contributed by atoms with Gasteiger partial charge in [-0.25, -0.2) is 9.97 Å². The lowest BCUT2D eigenvalue weighted by molar-refractivity contribution is 0.773. The summed E-state index contributed by atoms with van der Waals surface area (Å²) in [6, 6.07) is 8.32. The van der Waals surface area contributed by atoms with Crippen molar-refractivity contribution < 1.29 is 0 Å². The summed E-state index contributed by atoms with van der Waals surface area (Å²) in [5.41, 5.74) is 4.19. The Kier molecular flexibility index (Phi) is 3.67. The van der Waals surface area contributed by atoms with E-state index in [4.69, 9.17) is 11.6 Å². The molecule has 1 heterocycles. The molecule has 0 aliphatic rings. The van der Waals surface area contributed by atoms with Gasteiger partial charge in [0, 0.05) is 17.0 Å². The fourth-order valence-corrected chi connectivity index (χ4v) is 1.93. The van der Waals surface area contributed by atoms with E-state index in [1.807, 2.05) is 6.92 Å². The zero-order chi connectivity index (χ0) is 13.3. The first-order chi connectivity index (χ1) is 8.49. The first-order valence-corrected chi connectivity index (χ1v) is 6.48. The smallest absolute Gasteiger partial charge is 0.136 e. The predicted octanol–water partition coefficient (Wildman–Crippen LogP) is 4.54. The van der Waals surface area contributed by atoms with E-state index >= 15 is 0 Å². The molecular formula is C15H17ClN2. The molecule has 1 aromatic carbocycles. The fourth-order valence-electron chi connectivity index (χ4n) is 1.76. The summed E-state index contributed by atoms with van der Waals surface area (Å²) in [5, 5.41) is 0.546. The predicted molar refractivity (Wildman–Crippen MR) is 76.0 cm³/mol. The molecule has 2 rings (SSSR count). The molecule has 0 fully saturated rings. The molecule has 18 heavy (non-hydrogen) atoms. The van der Waals surface area contributed by atoms with Crippen LogP contribution in [0.15, 0.2) is 24.3 Å². The first-order valence-electron chi connectivity index (χ1n) is 6.10. The molecule has 0 amide bonds. The Bertz CT molecular complexity index is 559. The van der Waals surface area contributed by atoms with Gasteiger partial charge in [0.1, 0.15) is 11.0 Å². The van der Waals surface area contributed by atoms with E-state index in [1.165, 1.54) is 5.56 Å². The van der Waals surface area contributed by atoms with Crippen molar-refractivity contribution in [3.8, 4) is 11.3 Å². The highest BCUT2D eigenvalue weighted by molar-refractivity contribution is 6.30. The monoisotopic (exact) mass is 260 g/mol. The van der Waals surface area contributed by atoms with Crippen molar-refractivity contribution in [1.29, 1.82) is 0 Å². The van der Waals surface area contributed by atoms with Gasteiger partial charge in [0.05, 0.1) is 5.69 Å². The van der Waals surface area contributed by atoms with Crippen LogP contribution in [-0.2, 0) is 0 Å². The van der Waals surface area contributed by atoms with E-state index in [0.717, 1.165) is 22.6 Å². The lowest BCUT2D eigenvalue weighted by atomic mass is 10.1. The molecule has 94 valence electrons. The third-order valence-corrected chi connectivity index (χ3v) is 3.31. The Balaban J connectivity index is 2.59. The van der Waals surface area contributed by atoms with Gasteiger partial charge in [0.15, 0.2) is 0 Å². The van der Waals surface area contributed by atoms with Crippen LogP contribution in [0.25, 0.3) is 11.3 Å². The maximum absolute atomic E-state index is 6.19. The molecule has 1 aromatic heterocycles. The number of benzene rings is 1. The minimum Gasteiger partial charge on any atom is -0.232 e. The number of nitrogens with zero attached hydrogens (tertiary/aromatic N) is 2. The van der Waals surface area contributed by atoms with Crippen LogP contribution in [-0.4, -0.2) is 9.97 Å². The van der Waals surface area contributed by atoms with Crippen molar-refractivity contribution in [2.75, 3.05) is 0 Å². The lowest BCUT2D eigenvalue weighted by Crippen LogP contribution is -2.02. The van der Waals surface area contributed by atoms with Gasteiger partial charge < -0.3 is 0 Å². The number of rotatable bonds is 2. The van der Waals surface area contributed by atoms with Crippen LogP contribution in [0.5, 0.6) is 0 Å². The van der Waals surface area contributed by atoms with Crippen molar-refractivity contribution in [3.63, 3.8) is 0 Å². The average molecular weight is 261 g/mol. The van der Waals surface area contributed by atoms with Crippen LogP contribution in [0.4, 0.5) is 0 Å². The van der Waals surface area contributed by atoms with Gasteiger partial charge >= 0.3 is 0 Å². The second-order valence-corrected chi connectivity index (χ2v) is 5.22. The van der Waals surface area contributed by atoms with Gasteiger partial charge in [-0.15, -0.1) is 0 Å². The molecule has 0 bridgehead atoms. The molecule has 3 heteroatoms. The zero-order valence-corrected chi connectivity index (χ0v) is 11.9. The van der Waals surface area contributed by atoms with Crippen LogP contribution in [0.3, 0.4) is 0 Å². The molecule has 0 atom stereocenters. The minimum absolute atomic E-state index is 0.271. The fraction of sp³-hybridized carbons (Fsp3) is 0.333. The van der Waals surface area contributed by atoms with E-state index in [0.29, 0.717) is 5.15 Å². The maximum atomic E-state index is 6.19. The van der Waals surface area contributed by atoms with Crippen LogP contribution in [0, 0.1) is 13.8 Å². The van der Waals surface area contributed by atoms with Gasteiger partial charge in [0.2, 0.25) is 0 Å². The second kappa shape index (κ2) is 5.07. The van der Waals surface area contributed by atoms with Gasteiger partial charge in [-0.2, -0.15) is 0 Å². The highest BCUT2D eigenvalue weighted by Crippen LogP contribution is 2.27. The van der Waals surface area contributed by atoms with Gasteiger partial charge in [-0.05, 0) is 13.8 Å². The van der Waals surface area contributed by atoms with Crippen LogP contribution in [0.2, 0.25) is 5.15 Å². The quantitative estimate of drug-likeness (QED) is 0.741. The Morgan fingerprint density at radius 3 is 2.17 bits per heavy atom. The maximum Gasteiger partial charge on any atom is 0.136 e. The molecule has 0 aliphatic carbocycles. The number of aryl methyl sites for hydroxylation is 1. The summed E-state index contributed by atoms with van der Waals surface area (Å²) in [7, 11) is 0. The van der Waals surface area contributed by atoms with Crippen LogP contribution >= 0.6 is 11.6 Å². The van der Waals surface area contributed by atoms with Crippen molar-refractivity contribution in [3.05, 3.63) is 46.4 Å². The van der Waals surface area contributed by atoms with Crippen molar-refractivity contribution in [1.82, 2.24) is 9.97 Å². The Hall–Kier alpha value is -1.41. The summed E-state index contributed by atoms with van der Waals surface area (Å²) in [5.74, 6) is 1.06. The normalized spacial score (nSPS) is 11.0. The highest BCUT2D eigenvalue weighted by atomic mass is 35.5. The standard InChI is InChI=1S/C15H17ClN2/c1-9(2)15-17-13(11(4)14(16)18-15)12-7-5-10(3)6-8-12/h5-9H,1-4H3. The van der Waals surface area contributed by atoms with E-state index < -0.39 is 0 Å². The molecule has 0 aliphatic heterocycles. The van der Waals surface area contributed by atoms with E-state index in [9.17, 15) is 0 Å². The van der Waals surface area contributed by atoms with Gasteiger partial charge in [-0.3, -0.25) is 0 Å². The highest BCUT2D eigenvalue weighted by Gasteiger charge is 2.13. The third-order valence-electron chi connectivity index (χ3n) is 2.95. The summed E-state index contributed by atoms with van der Waals surface area (Å²) < 4.78 is 0. The molecule has 2 aromatic rings. The second-order valence-electron chi connectivity index (χ2n) is 4.87. The van der Waals surface area contributed by atoms with Crippen LogP contribution in [0.1, 0.15) is 36.7 Å². The zero-order valence-electron chi connectivity index (χ0n) is 11.2. The van der Waals surface area contributed by atoms with E-state index in [1.54, 1.807) is 0 Å². The Morgan fingerprint density at radius 1 is 1.00 bits per heavy atom. The number of hydrogen-bond acceptors (Lipinski definition) is 2. The third kappa shape index (κ3) is 2.54. The molecule has 0 saturated heterocycles. The number of aromatic nitrogens is 2. The Labute approximate surface area is 113 Å². The minimum atomic E-state index is 0.271. The van der Waals surface area contributed by atoms with E-state index in [2.05, 4.69) is 55.0 Å². The van der Waals surface area contributed by atoms with Crippen LogP contribution < -0.4 is 0 Å². The molecule has 0 spiro atoms. The molecule has 0 saturated carbocycles. The molecule has 0 unspecified atom stereocenters. The number of halogens is 1. The largest absolute Gasteiger partial charge is 0.232 e. The Morgan fingerprint density at radius 2 is 1.61 bits per heavy atom. The summed E-state index contributed by atoms with van der Waals surface area (Å²) in [6.45, 7) is 8.17. The molecule has 0 N–H and O–H groups in total. The van der Waals surface area contributed by atoms with Crippen molar-refractivity contribution in [2.24, 2.45) is 0 Å². The van der Waals surface area contributed by atoms with Gasteiger partial charge in [-0.1, -0.05) is 55.3 Å². The van der Waals surface area contributed by atoms with Crippen molar-refractivity contribution in [2.45, 2.75) is 33.6 Å². The number of hydrogen-bond donors (Lipinski definition) is 0. The summed E-state index contributed by atoms with van der Waals surface area (Å²) >= 11 is 6.19. The lowest BCUT2D eigenvalue weighted by Gasteiger charge is -2.11. The molecular weight excluding hydrogens is 244 g/mol. The average Bonchev–Trinajstić information content (AvgIpc) is 2.33. The topological polar surface area (TPSA) is 25.8 Å². The van der Waals surface area contributed by atoms with E-state index in [-0.39, 0.29) is 5.92 Å². The van der Waals surface area contributed by atoms with Crippen molar-refractivity contribution >= 4 is 11.6 Å². The molecule has 0 radical (unpaired) electrons. The SMILES string of the molecule is Cc1ccc(-c2nc(C(C)C)nc(Cl)c2C)cc1. The van der Waals surface area contributed by atoms with Gasteiger partial charge in [0.25, 0.3) is 0 Å². The summed E-state index contributed by atoms with van der Waals surface area (Å²) in [6.07, 6.45) is 0. The summed E-state index contributed by atoms with van der Waals surface area (Å²) in [4.78, 5) is 8.97. The first kappa shape index (κ1) is 13.0. The molecule has 2 nitrogen and oxygen atoms in total.